The molecule has 2 fully saturated rings. The van der Waals surface area contributed by atoms with Gasteiger partial charge < -0.3 is 4.74 Å². The molecule has 2 saturated carbocycles. The van der Waals surface area contributed by atoms with Crippen LogP contribution in [0.25, 0.3) is 0 Å². The summed E-state index contributed by atoms with van der Waals surface area (Å²) in [7, 11) is 0. The third-order valence-corrected chi connectivity index (χ3v) is 6.56. The first-order valence-corrected chi connectivity index (χ1v) is 10.2. The van der Waals surface area contributed by atoms with Crippen molar-refractivity contribution in [3.8, 4) is 0 Å². The van der Waals surface area contributed by atoms with Gasteiger partial charge in [-0.2, -0.15) is 0 Å². The van der Waals surface area contributed by atoms with Crippen LogP contribution in [0.1, 0.15) is 65.2 Å². The maximum Gasteiger partial charge on any atom is 0.168 e. The summed E-state index contributed by atoms with van der Waals surface area (Å²) in [5, 5.41) is 0. The molecule has 0 spiro atoms. The average molecular weight is 350 g/mol. The standard InChI is InChI=1S/C22H32F2O/c1-3-25-20-6-4-5-19(21(23)22(20)24)18-13-11-17(12-14-18)16-9-7-15(2)8-10-16/h4-6,15-18,20H,3,7-14H2,1-2H3. The van der Waals surface area contributed by atoms with Crippen LogP contribution in [0.3, 0.4) is 0 Å². The van der Waals surface area contributed by atoms with E-state index < -0.39 is 17.8 Å². The Labute approximate surface area is 151 Å². The Morgan fingerprint density at radius 3 is 2.16 bits per heavy atom. The van der Waals surface area contributed by atoms with E-state index in [0.29, 0.717) is 12.2 Å². The highest BCUT2D eigenvalue weighted by atomic mass is 19.2. The molecule has 0 radical (unpaired) electrons. The zero-order valence-corrected chi connectivity index (χ0v) is 15.6. The smallest absolute Gasteiger partial charge is 0.168 e. The van der Waals surface area contributed by atoms with Crippen molar-refractivity contribution in [2.24, 2.45) is 23.7 Å². The fourth-order valence-corrected chi connectivity index (χ4v) is 4.96. The van der Waals surface area contributed by atoms with Crippen molar-refractivity contribution in [3.05, 3.63) is 35.5 Å². The minimum atomic E-state index is -0.876. The van der Waals surface area contributed by atoms with Gasteiger partial charge in [0.1, 0.15) is 6.10 Å². The van der Waals surface area contributed by atoms with Gasteiger partial charge in [0.25, 0.3) is 0 Å². The molecular formula is C22H32F2O. The average Bonchev–Trinajstić information content (AvgIpc) is 2.77. The van der Waals surface area contributed by atoms with E-state index in [2.05, 4.69) is 6.92 Å². The third-order valence-electron chi connectivity index (χ3n) is 6.56. The summed E-state index contributed by atoms with van der Waals surface area (Å²) >= 11 is 0. The zero-order valence-electron chi connectivity index (χ0n) is 15.6. The van der Waals surface area contributed by atoms with Gasteiger partial charge in [-0.25, -0.2) is 8.78 Å². The summed E-state index contributed by atoms with van der Waals surface area (Å²) in [6.07, 6.45) is 14.0. The largest absolute Gasteiger partial charge is 0.367 e. The van der Waals surface area contributed by atoms with Gasteiger partial charge in [-0.1, -0.05) is 31.9 Å². The molecule has 140 valence electrons. The van der Waals surface area contributed by atoms with Gasteiger partial charge in [-0.15, -0.1) is 0 Å². The molecule has 3 heteroatoms. The fourth-order valence-electron chi connectivity index (χ4n) is 4.96. The molecule has 0 aromatic carbocycles. The minimum Gasteiger partial charge on any atom is -0.367 e. The highest BCUT2D eigenvalue weighted by Gasteiger charge is 2.33. The number of hydrogen-bond donors (Lipinski definition) is 0. The van der Waals surface area contributed by atoms with E-state index in [-0.39, 0.29) is 5.92 Å². The van der Waals surface area contributed by atoms with Crippen molar-refractivity contribution in [2.45, 2.75) is 71.3 Å². The van der Waals surface area contributed by atoms with Gasteiger partial charge in [0, 0.05) is 6.61 Å². The lowest BCUT2D eigenvalue weighted by molar-refractivity contribution is 0.102. The second-order valence-electron chi connectivity index (χ2n) is 8.18. The lowest BCUT2D eigenvalue weighted by Gasteiger charge is -2.37. The van der Waals surface area contributed by atoms with Crippen LogP contribution in [-0.4, -0.2) is 12.7 Å². The van der Waals surface area contributed by atoms with Gasteiger partial charge in [-0.05, 0) is 80.8 Å². The molecule has 1 unspecified atom stereocenters. The van der Waals surface area contributed by atoms with Gasteiger partial charge in [0.2, 0.25) is 0 Å². The fraction of sp³-hybridized carbons (Fsp3) is 0.727. The Bertz CT molecular complexity index is 532. The quantitative estimate of drug-likeness (QED) is 0.550. The Morgan fingerprint density at radius 2 is 1.56 bits per heavy atom. The van der Waals surface area contributed by atoms with Crippen molar-refractivity contribution in [3.63, 3.8) is 0 Å². The van der Waals surface area contributed by atoms with E-state index in [9.17, 15) is 8.78 Å². The van der Waals surface area contributed by atoms with Crippen LogP contribution in [0.4, 0.5) is 8.78 Å². The molecule has 0 heterocycles. The monoisotopic (exact) mass is 350 g/mol. The molecule has 3 aliphatic carbocycles. The first-order chi connectivity index (χ1) is 12.1. The van der Waals surface area contributed by atoms with Gasteiger partial charge in [0.15, 0.2) is 11.7 Å². The molecule has 0 aliphatic heterocycles. The van der Waals surface area contributed by atoms with Crippen LogP contribution < -0.4 is 0 Å². The van der Waals surface area contributed by atoms with Crippen LogP contribution >= 0.6 is 0 Å². The minimum absolute atomic E-state index is 0.148. The Morgan fingerprint density at radius 1 is 0.960 bits per heavy atom. The molecule has 25 heavy (non-hydrogen) atoms. The predicted molar refractivity (Wildman–Crippen MR) is 98.4 cm³/mol. The van der Waals surface area contributed by atoms with Crippen LogP contribution in [0, 0.1) is 23.7 Å². The summed E-state index contributed by atoms with van der Waals surface area (Å²) in [6, 6.07) is 0. The van der Waals surface area contributed by atoms with Crippen molar-refractivity contribution in [2.75, 3.05) is 6.61 Å². The first kappa shape index (κ1) is 18.8. The maximum absolute atomic E-state index is 14.7. The highest BCUT2D eigenvalue weighted by molar-refractivity contribution is 5.38. The molecule has 0 aromatic rings. The molecular weight excluding hydrogens is 318 g/mol. The Balaban J connectivity index is 1.61. The van der Waals surface area contributed by atoms with E-state index in [1.807, 2.05) is 0 Å². The summed E-state index contributed by atoms with van der Waals surface area (Å²) in [6.45, 7) is 4.53. The second kappa shape index (κ2) is 8.62. The maximum atomic E-state index is 14.7. The topological polar surface area (TPSA) is 9.23 Å². The summed E-state index contributed by atoms with van der Waals surface area (Å²) in [5.41, 5.74) is 0.548. The number of allylic oxidation sites excluding steroid dienone is 4. The molecule has 3 rings (SSSR count). The van der Waals surface area contributed by atoms with E-state index in [1.54, 1.807) is 25.2 Å². The van der Waals surface area contributed by atoms with Gasteiger partial charge in [0.05, 0.1) is 0 Å². The molecule has 0 saturated heterocycles. The lowest BCUT2D eigenvalue weighted by atomic mass is 9.68. The molecule has 0 amide bonds. The molecule has 0 aromatic heterocycles. The number of hydrogen-bond acceptors (Lipinski definition) is 1. The normalized spacial score (nSPS) is 37.0. The Kier molecular flexibility index (Phi) is 6.49. The first-order valence-electron chi connectivity index (χ1n) is 10.2. The molecule has 0 N–H and O–H groups in total. The van der Waals surface area contributed by atoms with Crippen molar-refractivity contribution < 1.29 is 13.5 Å². The Hall–Kier alpha value is -0.960. The SMILES string of the molecule is CCOC1C=CC=C(C2CCC(C3CCC(C)CC3)CC2)C(F)=C1F. The van der Waals surface area contributed by atoms with Gasteiger partial charge >= 0.3 is 0 Å². The molecule has 0 bridgehead atoms. The zero-order chi connectivity index (χ0) is 17.8. The van der Waals surface area contributed by atoms with Crippen molar-refractivity contribution in [1.29, 1.82) is 0 Å². The molecule has 1 atom stereocenters. The molecule has 3 aliphatic rings. The van der Waals surface area contributed by atoms with E-state index in [4.69, 9.17) is 4.74 Å². The van der Waals surface area contributed by atoms with Crippen LogP contribution in [0.15, 0.2) is 35.5 Å². The van der Waals surface area contributed by atoms with Crippen LogP contribution in [-0.2, 0) is 4.74 Å². The van der Waals surface area contributed by atoms with E-state index >= 15 is 0 Å². The number of rotatable bonds is 4. The summed E-state index contributed by atoms with van der Waals surface area (Å²) in [4.78, 5) is 0. The number of ether oxygens (including phenoxy) is 1. The van der Waals surface area contributed by atoms with E-state index in [1.165, 1.54) is 25.7 Å². The third kappa shape index (κ3) is 4.42. The number of halogens is 2. The van der Waals surface area contributed by atoms with Gasteiger partial charge in [-0.3, -0.25) is 0 Å². The molecule has 1 nitrogen and oxygen atoms in total. The lowest BCUT2D eigenvalue weighted by Crippen LogP contribution is -2.26. The van der Waals surface area contributed by atoms with Crippen LogP contribution in [0.5, 0.6) is 0 Å². The second-order valence-corrected chi connectivity index (χ2v) is 8.18. The van der Waals surface area contributed by atoms with Crippen molar-refractivity contribution in [1.82, 2.24) is 0 Å². The predicted octanol–water partition coefficient (Wildman–Crippen LogP) is 6.67. The van der Waals surface area contributed by atoms with Crippen molar-refractivity contribution >= 4 is 0 Å². The highest BCUT2D eigenvalue weighted by Crippen LogP contribution is 2.44. The summed E-state index contributed by atoms with van der Waals surface area (Å²) < 4.78 is 34.3. The summed E-state index contributed by atoms with van der Waals surface area (Å²) in [5.74, 6) is 1.24. The van der Waals surface area contributed by atoms with Crippen LogP contribution in [0.2, 0.25) is 0 Å². The van der Waals surface area contributed by atoms with E-state index in [0.717, 1.165) is 43.4 Å².